The number of fused-ring (bicyclic) bond motifs is 1. The van der Waals surface area contributed by atoms with Crippen molar-refractivity contribution in [2.45, 2.75) is 19.9 Å². The first-order valence-corrected chi connectivity index (χ1v) is 8.08. The number of H-pyrrole nitrogens is 1. The van der Waals surface area contributed by atoms with Crippen LogP contribution in [0.25, 0.3) is 10.9 Å². The number of aryl methyl sites for hydroxylation is 1. The highest BCUT2D eigenvalue weighted by atomic mass is 35.5. The molecule has 0 aliphatic rings. The van der Waals surface area contributed by atoms with E-state index in [4.69, 9.17) is 11.6 Å². The molecule has 0 fully saturated rings. The summed E-state index contributed by atoms with van der Waals surface area (Å²) in [6.07, 6.45) is 0.905. The second kappa shape index (κ2) is 6.99. The first kappa shape index (κ1) is 15.8. The number of nitrogens with one attached hydrogen (secondary N) is 2. The van der Waals surface area contributed by atoms with Crippen molar-refractivity contribution < 1.29 is 0 Å². The average molecular weight is 327 g/mol. The molecule has 0 amide bonds. The van der Waals surface area contributed by atoms with E-state index >= 15 is 0 Å². The van der Waals surface area contributed by atoms with Gasteiger partial charge in [0, 0.05) is 17.1 Å². The van der Waals surface area contributed by atoms with Crippen molar-refractivity contribution in [2.75, 3.05) is 6.54 Å². The molecule has 0 aliphatic carbocycles. The molecule has 0 bridgehead atoms. The normalized spacial score (nSPS) is 11.0. The standard InChI is InChI=1S/C19H19ClN2O/c1-13-3-2-4-15-11-16(19(23)22-18(13)15)12-21-10-9-14-5-7-17(20)8-6-14/h2-8,11,21H,9-10,12H2,1H3,(H,22,23). The topological polar surface area (TPSA) is 44.9 Å². The van der Waals surface area contributed by atoms with Gasteiger partial charge in [0.15, 0.2) is 0 Å². The molecule has 2 N–H and O–H groups in total. The number of aromatic amines is 1. The van der Waals surface area contributed by atoms with Crippen LogP contribution in [0.15, 0.2) is 53.3 Å². The molecule has 0 radical (unpaired) electrons. The minimum absolute atomic E-state index is 0.0224. The van der Waals surface area contributed by atoms with Crippen molar-refractivity contribution in [3.63, 3.8) is 0 Å². The molecule has 118 valence electrons. The summed E-state index contributed by atoms with van der Waals surface area (Å²) in [6.45, 7) is 3.38. The maximum absolute atomic E-state index is 12.2. The van der Waals surface area contributed by atoms with Crippen LogP contribution in [-0.4, -0.2) is 11.5 Å². The molecule has 3 aromatic rings. The van der Waals surface area contributed by atoms with Crippen LogP contribution in [-0.2, 0) is 13.0 Å². The zero-order valence-corrected chi connectivity index (χ0v) is 13.8. The minimum Gasteiger partial charge on any atom is -0.321 e. The van der Waals surface area contributed by atoms with E-state index in [0.29, 0.717) is 6.54 Å². The lowest BCUT2D eigenvalue weighted by Crippen LogP contribution is -2.22. The van der Waals surface area contributed by atoms with Crippen LogP contribution < -0.4 is 10.9 Å². The predicted molar refractivity (Wildman–Crippen MR) is 96.2 cm³/mol. The summed E-state index contributed by atoms with van der Waals surface area (Å²) in [7, 11) is 0. The molecule has 23 heavy (non-hydrogen) atoms. The summed E-state index contributed by atoms with van der Waals surface area (Å²) in [5.41, 5.74) is 3.97. The van der Waals surface area contributed by atoms with Crippen molar-refractivity contribution >= 4 is 22.5 Å². The van der Waals surface area contributed by atoms with Gasteiger partial charge in [-0.05, 0) is 54.6 Å². The van der Waals surface area contributed by atoms with Gasteiger partial charge < -0.3 is 10.3 Å². The van der Waals surface area contributed by atoms with Crippen LogP contribution in [0.1, 0.15) is 16.7 Å². The van der Waals surface area contributed by atoms with E-state index in [1.54, 1.807) is 0 Å². The predicted octanol–water partition coefficient (Wildman–Crippen LogP) is 3.82. The fourth-order valence-corrected chi connectivity index (χ4v) is 2.79. The Balaban J connectivity index is 1.64. The molecule has 3 nitrogen and oxygen atoms in total. The third kappa shape index (κ3) is 3.81. The van der Waals surface area contributed by atoms with Gasteiger partial charge in [0.1, 0.15) is 0 Å². The average Bonchev–Trinajstić information content (AvgIpc) is 2.54. The molecular weight excluding hydrogens is 308 g/mol. The van der Waals surface area contributed by atoms with Crippen LogP contribution in [0.4, 0.5) is 0 Å². The second-order valence-corrected chi connectivity index (χ2v) is 6.15. The Labute approximate surface area is 140 Å². The Hall–Kier alpha value is -2.10. The van der Waals surface area contributed by atoms with Gasteiger partial charge in [0.2, 0.25) is 0 Å². The molecule has 1 heterocycles. The maximum atomic E-state index is 12.2. The Kier molecular flexibility index (Phi) is 4.79. The molecule has 3 rings (SSSR count). The van der Waals surface area contributed by atoms with Crippen LogP contribution in [0.5, 0.6) is 0 Å². The van der Waals surface area contributed by atoms with E-state index in [1.807, 2.05) is 55.5 Å². The number of hydrogen-bond acceptors (Lipinski definition) is 2. The van der Waals surface area contributed by atoms with Crippen molar-refractivity contribution in [3.05, 3.63) is 80.6 Å². The molecule has 4 heteroatoms. The SMILES string of the molecule is Cc1cccc2cc(CNCCc3ccc(Cl)cc3)c(=O)[nH]c12. The number of pyridine rings is 1. The van der Waals surface area contributed by atoms with Gasteiger partial charge >= 0.3 is 0 Å². The largest absolute Gasteiger partial charge is 0.321 e. The molecule has 0 atom stereocenters. The first-order valence-electron chi connectivity index (χ1n) is 7.70. The number of hydrogen-bond donors (Lipinski definition) is 2. The third-order valence-electron chi connectivity index (χ3n) is 3.98. The molecule has 0 spiro atoms. The summed E-state index contributed by atoms with van der Waals surface area (Å²) in [5, 5.41) is 5.15. The van der Waals surface area contributed by atoms with Crippen LogP contribution in [0.3, 0.4) is 0 Å². The Morgan fingerprint density at radius 1 is 1.13 bits per heavy atom. The summed E-state index contributed by atoms with van der Waals surface area (Å²) < 4.78 is 0. The van der Waals surface area contributed by atoms with Gasteiger partial charge in [-0.2, -0.15) is 0 Å². The van der Waals surface area contributed by atoms with E-state index in [0.717, 1.165) is 40.0 Å². The number of para-hydroxylation sites is 1. The van der Waals surface area contributed by atoms with E-state index < -0.39 is 0 Å². The summed E-state index contributed by atoms with van der Waals surface area (Å²) >= 11 is 5.88. The lowest BCUT2D eigenvalue weighted by atomic mass is 10.1. The summed E-state index contributed by atoms with van der Waals surface area (Å²) in [5.74, 6) is 0. The monoisotopic (exact) mass is 326 g/mol. The minimum atomic E-state index is -0.0224. The quantitative estimate of drug-likeness (QED) is 0.700. The molecule has 0 unspecified atom stereocenters. The Morgan fingerprint density at radius 2 is 1.91 bits per heavy atom. The lowest BCUT2D eigenvalue weighted by Gasteiger charge is -2.07. The van der Waals surface area contributed by atoms with Gasteiger partial charge in [-0.25, -0.2) is 0 Å². The van der Waals surface area contributed by atoms with Gasteiger partial charge in [-0.1, -0.05) is 41.9 Å². The van der Waals surface area contributed by atoms with Crippen molar-refractivity contribution in [1.29, 1.82) is 0 Å². The van der Waals surface area contributed by atoms with Crippen LogP contribution >= 0.6 is 11.6 Å². The number of halogens is 1. The molecular formula is C19H19ClN2O. The van der Waals surface area contributed by atoms with E-state index in [1.165, 1.54) is 5.56 Å². The molecule has 0 aliphatic heterocycles. The van der Waals surface area contributed by atoms with E-state index in [9.17, 15) is 4.79 Å². The maximum Gasteiger partial charge on any atom is 0.252 e. The van der Waals surface area contributed by atoms with Gasteiger partial charge in [0.05, 0.1) is 5.52 Å². The zero-order valence-electron chi connectivity index (χ0n) is 13.0. The number of rotatable bonds is 5. The van der Waals surface area contributed by atoms with Gasteiger partial charge in [-0.15, -0.1) is 0 Å². The highest BCUT2D eigenvalue weighted by Gasteiger charge is 2.04. The highest BCUT2D eigenvalue weighted by molar-refractivity contribution is 6.30. The number of aromatic nitrogens is 1. The second-order valence-electron chi connectivity index (χ2n) is 5.72. The Morgan fingerprint density at radius 3 is 2.70 bits per heavy atom. The van der Waals surface area contributed by atoms with Crippen molar-refractivity contribution in [3.8, 4) is 0 Å². The summed E-state index contributed by atoms with van der Waals surface area (Å²) in [6, 6.07) is 15.8. The summed E-state index contributed by atoms with van der Waals surface area (Å²) in [4.78, 5) is 15.2. The van der Waals surface area contributed by atoms with E-state index in [2.05, 4.69) is 10.3 Å². The first-order chi connectivity index (χ1) is 11.1. The van der Waals surface area contributed by atoms with Crippen molar-refractivity contribution in [1.82, 2.24) is 10.3 Å². The van der Waals surface area contributed by atoms with Crippen molar-refractivity contribution in [2.24, 2.45) is 0 Å². The Bertz CT molecular complexity index is 869. The van der Waals surface area contributed by atoms with E-state index in [-0.39, 0.29) is 5.56 Å². The number of benzene rings is 2. The fraction of sp³-hybridized carbons (Fsp3) is 0.211. The molecule has 0 saturated carbocycles. The van der Waals surface area contributed by atoms with Gasteiger partial charge in [-0.3, -0.25) is 4.79 Å². The van der Waals surface area contributed by atoms with Gasteiger partial charge in [0.25, 0.3) is 5.56 Å². The molecule has 1 aromatic heterocycles. The third-order valence-corrected chi connectivity index (χ3v) is 4.24. The fourth-order valence-electron chi connectivity index (χ4n) is 2.67. The van der Waals surface area contributed by atoms with Crippen LogP contribution in [0.2, 0.25) is 5.02 Å². The molecule has 2 aromatic carbocycles. The zero-order chi connectivity index (χ0) is 16.2. The lowest BCUT2D eigenvalue weighted by molar-refractivity contribution is 0.683. The van der Waals surface area contributed by atoms with Crippen LogP contribution in [0, 0.1) is 6.92 Å². The highest BCUT2D eigenvalue weighted by Crippen LogP contribution is 2.15. The molecule has 0 saturated heterocycles. The smallest absolute Gasteiger partial charge is 0.252 e.